The maximum Gasteiger partial charge on any atom is 0.357 e. The van der Waals surface area contributed by atoms with Crippen molar-refractivity contribution in [3.05, 3.63) is 12.0 Å². The van der Waals surface area contributed by atoms with Crippen molar-refractivity contribution >= 4 is 17.9 Å². The number of ether oxygens (including phenoxy) is 1. The monoisotopic (exact) mass is 269 g/mol. The number of anilines is 1. The van der Waals surface area contributed by atoms with Crippen molar-refractivity contribution in [2.24, 2.45) is 0 Å². The zero-order valence-electron chi connectivity index (χ0n) is 10.5. The Balaban J connectivity index is 1.93. The molecule has 1 aromatic rings. The van der Waals surface area contributed by atoms with Crippen molar-refractivity contribution in [3.63, 3.8) is 0 Å². The molecule has 0 radical (unpaired) electrons. The lowest BCUT2D eigenvalue weighted by molar-refractivity contribution is -0.135. The van der Waals surface area contributed by atoms with Crippen LogP contribution >= 0.6 is 0 Å². The first-order valence-electron chi connectivity index (χ1n) is 5.90. The molecule has 0 bridgehead atoms. The summed E-state index contributed by atoms with van der Waals surface area (Å²) in [6, 6.07) is -0.523. The topological polar surface area (TPSA) is 105 Å². The Bertz CT molecular complexity index is 467. The predicted octanol–water partition coefficient (Wildman–Crippen LogP) is 0.0320. The van der Waals surface area contributed by atoms with Crippen molar-refractivity contribution in [2.45, 2.75) is 13.0 Å². The number of aromatic carboxylic acids is 1. The summed E-state index contributed by atoms with van der Waals surface area (Å²) in [7, 11) is 0. The molecular formula is C11H15N3O5. The zero-order chi connectivity index (χ0) is 13.8. The van der Waals surface area contributed by atoms with Crippen molar-refractivity contribution in [1.82, 2.24) is 9.88 Å². The minimum Gasteiger partial charge on any atom is -0.476 e. The fraction of sp³-hybridized carbons (Fsp3) is 0.545. The number of hydrogen-bond acceptors (Lipinski definition) is 6. The van der Waals surface area contributed by atoms with E-state index in [1.165, 1.54) is 0 Å². The Hall–Kier alpha value is -2.09. The SMILES string of the molecule is CC(Nc1nc(C(=O)O)co1)C(=O)N1CCOCC1. The number of carbonyl (C=O) groups excluding carboxylic acids is 1. The van der Waals surface area contributed by atoms with Crippen LogP contribution in [0.15, 0.2) is 10.7 Å². The number of nitrogens with one attached hydrogen (secondary N) is 1. The van der Waals surface area contributed by atoms with Crippen molar-refractivity contribution in [3.8, 4) is 0 Å². The number of aromatic nitrogens is 1. The number of amides is 1. The van der Waals surface area contributed by atoms with E-state index in [0.717, 1.165) is 6.26 Å². The molecule has 1 aromatic heterocycles. The lowest BCUT2D eigenvalue weighted by Gasteiger charge is -2.29. The van der Waals surface area contributed by atoms with Gasteiger partial charge in [-0.2, -0.15) is 4.98 Å². The smallest absolute Gasteiger partial charge is 0.357 e. The summed E-state index contributed by atoms with van der Waals surface area (Å²) in [5, 5.41) is 11.4. The number of morpholine rings is 1. The van der Waals surface area contributed by atoms with Gasteiger partial charge in [0.15, 0.2) is 5.69 Å². The van der Waals surface area contributed by atoms with Gasteiger partial charge in [-0.25, -0.2) is 4.79 Å². The first kappa shape index (κ1) is 13.3. The normalized spacial score (nSPS) is 17.0. The van der Waals surface area contributed by atoms with E-state index in [-0.39, 0.29) is 17.6 Å². The summed E-state index contributed by atoms with van der Waals surface area (Å²) < 4.78 is 10.1. The van der Waals surface area contributed by atoms with Gasteiger partial charge >= 0.3 is 5.97 Å². The Morgan fingerprint density at radius 2 is 2.16 bits per heavy atom. The molecule has 1 aliphatic heterocycles. The average Bonchev–Trinajstić information content (AvgIpc) is 2.87. The highest BCUT2D eigenvalue weighted by Crippen LogP contribution is 2.10. The summed E-state index contributed by atoms with van der Waals surface area (Å²) in [6.07, 6.45) is 1.02. The molecule has 0 spiro atoms. The highest BCUT2D eigenvalue weighted by molar-refractivity contribution is 5.86. The zero-order valence-corrected chi connectivity index (χ0v) is 10.5. The molecule has 1 aliphatic rings. The van der Waals surface area contributed by atoms with E-state index in [4.69, 9.17) is 14.3 Å². The van der Waals surface area contributed by atoms with Gasteiger partial charge in [-0.1, -0.05) is 0 Å². The van der Waals surface area contributed by atoms with Crippen molar-refractivity contribution in [2.75, 3.05) is 31.6 Å². The summed E-state index contributed by atoms with van der Waals surface area (Å²) >= 11 is 0. The molecule has 1 amide bonds. The van der Waals surface area contributed by atoms with Crippen LogP contribution in [0.1, 0.15) is 17.4 Å². The predicted molar refractivity (Wildman–Crippen MR) is 63.9 cm³/mol. The van der Waals surface area contributed by atoms with E-state index in [2.05, 4.69) is 10.3 Å². The Labute approximate surface area is 109 Å². The van der Waals surface area contributed by atoms with Crippen LogP contribution in [0, 0.1) is 0 Å². The van der Waals surface area contributed by atoms with E-state index >= 15 is 0 Å². The van der Waals surface area contributed by atoms with E-state index in [0.29, 0.717) is 26.3 Å². The fourth-order valence-corrected chi connectivity index (χ4v) is 1.74. The van der Waals surface area contributed by atoms with Gasteiger partial charge in [0.25, 0.3) is 6.01 Å². The van der Waals surface area contributed by atoms with Crippen molar-refractivity contribution < 1.29 is 23.8 Å². The first-order chi connectivity index (χ1) is 9.08. The quantitative estimate of drug-likeness (QED) is 0.794. The van der Waals surface area contributed by atoms with Crippen LogP contribution in [0.3, 0.4) is 0 Å². The molecule has 2 rings (SSSR count). The fourth-order valence-electron chi connectivity index (χ4n) is 1.74. The maximum atomic E-state index is 12.1. The summed E-state index contributed by atoms with van der Waals surface area (Å²) in [4.78, 5) is 28.1. The standard InChI is InChI=1S/C11H15N3O5/c1-7(9(15)14-2-4-18-5-3-14)12-11-13-8(6-19-11)10(16)17/h6-7H,2-5H2,1H3,(H,12,13)(H,16,17). The molecule has 2 heterocycles. The lowest BCUT2D eigenvalue weighted by atomic mass is 10.2. The minimum atomic E-state index is -1.18. The summed E-state index contributed by atoms with van der Waals surface area (Å²) in [6.45, 7) is 3.83. The highest BCUT2D eigenvalue weighted by atomic mass is 16.5. The molecular weight excluding hydrogens is 254 g/mol. The van der Waals surface area contributed by atoms with Gasteiger partial charge in [0.05, 0.1) is 13.2 Å². The largest absolute Gasteiger partial charge is 0.476 e. The van der Waals surface area contributed by atoms with E-state index in [9.17, 15) is 9.59 Å². The number of rotatable bonds is 4. The maximum absolute atomic E-state index is 12.1. The van der Waals surface area contributed by atoms with E-state index in [1.54, 1.807) is 11.8 Å². The van der Waals surface area contributed by atoms with Gasteiger partial charge < -0.3 is 24.5 Å². The molecule has 0 saturated carbocycles. The molecule has 1 saturated heterocycles. The van der Waals surface area contributed by atoms with Gasteiger partial charge in [-0.15, -0.1) is 0 Å². The van der Waals surface area contributed by atoms with Crippen LogP contribution in [-0.4, -0.2) is 59.2 Å². The Kier molecular flexibility index (Phi) is 4.00. The van der Waals surface area contributed by atoms with Crippen LogP contribution in [0.25, 0.3) is 0 Å². The molecule has 104 valence electrons. The van der Waals surface area contributed by atoms with Gasteiger partial charge in [-0.3, -0.25) is 4.79 Å². The third-order valence-corrected chi connectivity index (χ3v) is 2.76. The summed E-state index contributed by atoms with van der Waals surface area (Å²) in [5.41, 5.74) is -0.200. The third-order valence-electron chi connectivity index (χ3n) is 2.76. The van der Waals surface area contributed by atoms with E-state index in [1.807, 2.05) is 0 Å². The Morgan fingerprint density at radius 3 is 2.74 bits per heavy atom. The number of hydrogen-bond donors (Lipinski definition) is 2. The van der Waals surface area contributed by atoms with Crippen molar-refractivity contribution in [1.29, 1.82) is 0 Å². The molecule has 0 aliphatic carbocycles. The number of nitrogens with zero attached hydrogens (tertiary/aromatic N) is 2. The number of oxazole rings is 1. The van der Waals surface area contributed by atoms with Crippen LogP contribution < -0.4 is 5.32 Å². The first-order valence-corrected chi connectivity index (χ1v) is 5.90. The van der Waals surface area contributed by atoms with Gasteiger partial charge in [-0.05, 0) is 6.92 Å². The second-order valence-corrected chi connectivity index (χ2v) is 4.15. The highest BCUT2D eigenvalue weighted by Gasteiger charge is 2.23. The molecule has 8 heteroatoms. The van der Waals surface area contributed by atoms with Gasteiger partial charge in [0.1, 0.15) is 12.3 Å². The molecule has 19 heavy (non-hydrogen) atoms. The van der Waals surface area contributed by atoms with Crippen LogP contribution in [0.4, 0.5) is 6.01 Å². The molecule has 0 aromatic carbocycles. The second-order valence-electron chi connectivity index (χ2n) is 4.15. The van der Waals surface area contributed by atoms with Crippen LogP contribution in [-0.2, 0) is 9.53 Å². The van der Waals surface area contributed by atoms with Gasteiger partial charge in [0.2, 0.25) is 5.91 Å². The van der Waals surface area contributed by atoms with Gasteiger partial charge in [0, 0.05) is 13.1 Å². The van der Waals surface area contributed by atoms with E-state index < -0.39 is 12.0 Å². The molecule has 2 N–H and O–H groups in total. The second kappa shape index (κ2) is 5.70. The van der Waals surface area contributed by atoms with Crippen LogP contribution in [0.2, 0.25) is 0 Å². The third kappa shape index (κ3) is 3.22. The summed E-state index contributed by atoms with van der Waals surface area (Å²) in [5.74, 6) is -1.28. The minimum absolute atomic E-state index is 0.0199. The lowest BCUT2D eigenvalue weighted by Crippen LogP contribution is -2.47. The van der Waals surface area contributed by atoms with Crippen LogP contribution in [0.5, 0.6) is 0 Å². The number of carboxylic acid groups (broad SMARTS) is 1. The Morgan fingerprint density at radius 1 is 1.47 bits per heavy atom. The molecule has 1 unspecified atom stereocenters. The number of carboxylic acids is 1. The average molecular weight is 269 g/mol. The molecule has 8 nitrogen and oxygen atoms in total. The molecule has 1 fully saturated rings. The molecule has 1 atom stereocenters. The number of carbonyl (C=O) groups is 2.